The third-order valence-electron chi connectivity index (χ3n) is 5.11. The number of aromatic nitrogens is 3. The van der Waals surface area contributed by atoms with Gasteiger partial charge in [-0.2, -0.15) is 8.42 Å². The maximum atomic E-state index is 11.3. The second-order valence-corrected chi connectivity index (χ2v) is 16.2. The Balaban J connectivity index is 1.58. The molecule has 0 spiro atoms. The van der Waals surface area contributed by atoms with Crippen molar-refractivity contribution in [3.63, 3.8) is 0 Å². The maximum absolute atomic E-state index is 11.3. The Hall–Kier alpha value is -1.49. The molecule has 0 aromatic carbocycles. The van der Waals surface area contributed by atoms with Gasteiger partial charge in [0.25, 0.3) is 10.1 Å². The van der Waals surface area contributed by atoms with Crippen LogP contribution in [0, 0.1) is 0 Å². The van der Waals surface area contributed by atoms with Crippen LogP contribution in [-0.2, 0) is 25.8 Å². The summed E-state index contributed by atoms with van der Waals surface area (Å²) in [7, 11) is -4.50. The van der Waals surface area contributed by atoms with Crippen molar-refractivity contribution in [1.29, 1.82) is 0 Å². The zero-order chi connectivity index (χ0) is 21.1. The molecule has 29 heavy (non-hydrogen) atoms. The molecule has 1 aliphatic carbocycles. The van der Waals surface area contributed by atoms with Crippen LogP contribution in [0.3, 0.4) is 0 Å². The van der Waals surface area contributed by atoms with Crippen molar-refractivity contribution >= 4 is 35.0 Å². The number of hydrogen-bond acceptors (Lipinski definition) is 7. The van der Waals surface area contributed by atoms with E-state index in [4.69, 9.17) is 8.92 Å². The largest absolute Gasteiger partial charge is 0.367 e. The Kier molecular flexibility index (Phi) is 6.97. The van der Waals surface area contributed by atoms with Gasteiger partial charge in [0.1, 0.15) is 24.5 Å². The van der Waals surface area contributed by atoms with Gasteiger partial charge in [0.15, 0.2) is 0 Å². The van der Waals surface area contributed by atoms with Crippen LogP contribution in [0.4, 0.5) is 5.82 Å². The van der Waals surface area contributed by atoms with Crippen LogP contribution in [0.5, 0.6) is 0 Å². The Morgan fingerprint density at radius 1 is 1.21 bits per heavy atom. The summed E-state index contributed by atoms with van der Waals surface area (Å²) in [6, 6.07) is 3.39. The summed E-state index contributed by atoms with van der Waals surface area (Å²) in [5.74, 6) is 0.809. The predicted molar refractivity (Wildman–Crippen MR) is 117 cm³/mol. The highest BCUT2D eigenvalue weighted by atomic mass is 32.2. The van der Waals surface area contributed by atoms with Crippen LogP contribution in [0.25, 0.3) is 11.0 Å². The Labute approximate surface area is 174 Å². The molecule has 1 N–H and O–H groups in total. The van der Waals surface area contributed by atoms with Crippen molar-refractivity contribution in [2.24, 2.45) is 0 Å². The van der Waals surface area contributed by atoms with E-state index in [2.05, 4.69) is 34.9 Å². The lowest BCUT2D eigenvalue weighted by atomic mass is 9.93. The third kappa shape index (κ3) is 6.77. The fourth-order valence-electron chi connectivity index (χ4n) is 3.51. The van der Waals surface area contributed by atoms with Crippen molar-refractivity contribution < 1.29 is 17.3 Å². The maximum Gasteiger partial charge on any atom is 0.264 e. The second-order valence-electron chi connectivity index (χ2n) is 9.01. The van der Waals surface area contributed by atoms with Crippen LogP contribution in [0.2, 0.25) is 25.7 Å². The normalized spacial score (nSPS) is 20.8. The first-order valence-corrected chi connectivity index (χ1v) is 15.7. The van der Waals surface area contributed by atoms with E-state index in [1.165, 1.54) is 0 Å². The molecule has 1 saturated carbocycles. The van der Waals surface area contributed by atoms with Gasteiger partial charge in [0, 0.05) is 26.9 Å². The molecule has 0 bridgehead atoms. The minimum Gasteiger partial charge on any atom is -0.367 e. The van der Waals surface area contributed by atoms with Gasteiger partial charge in [0.05, 0.1) is 17.7 Å². The monoisotopic (exact) mass is 440 g/mol. The summed E-state index contributed by atoms with van der Waals surface area (Å²) in [5.41, 5.74) is 0.851. The van der Waals surface area contributed by atoms with E-state index in [1.54, 1.807) is 6.33 Å². The molecule has 2 aromatic heterocycles. The van der Waals surface area contributed by atoms with Crippen LogP contribution in [0.15, 0.2) is 18.6 Å². The van der Waals surface area contributed by atoms with Gasteiger partial charge in [-0.15, -0.1) is 0 Å². The lowest BCUT2D eigenvalue weighted by Gasteiger charge is -2.28. The number of hydrogen-bond donors (Lipinski definition) is 1. The molecule has 0 saturated heterocycles. The molecule has 10 heteroatoms. The molecule has 0 unspecified atom stereocenters. The van der Waals surface area contributed by atoms with Crippen molar-refractivity contribution in [3.05, 3.63) is 18.6 Å². The molecule has 3 rings (SSSR count). The van der Waals surface area contributed by atoms with Crippen LogP contribution < -0.4 is 5.32 Å². The van der Waals surface area contributed by atoms with Gasteiger partial charge >= 0.3 is 0 Å². The van der Waals surface area contributed by atoms with Gasteiger partial charge in [-0.25, -0.2) is 9.97 Å². The summed E-state index contributed by atoms with van der Waals surface area (Å²) in [5, 5.41) is 4.47. The first-order valence-electron chi connectivity index (χ1n) is 10.1. The number of nitrogens with one attached hydrogen (secondary N) is 1. The zero-order valence-corrected chi connectivity index (χ0v) is 19.5. The molecule has 0 aliphatic heterocycles. The number of ether oxygens (including phenoxy) is 1. The van der Waals surface area contributed by atoms with Gasteiger partial charge in [-0.05, 0) is 37.8 Å². The highest BCUT2D eigenvalue weighted by Crippen LogP contribution is 2.27. The smallest absolute Gasteiger partial charge is 0.264 e. The van der Waals surface area contributed by atoms with E-state index in [-0.39, 0.29) is 12.1 Å². The Morgan fingerprint density at radius 2 is 1.93 bits per heavy atom. The molecular weight excluding hydrogens is 408 g/mol. The molecule has 8 nitrogen and oxygen atoms in total. The summed E-state index contributed by atoms with van der Waals surface area (Å²) in [6.07, 6.45) is 7.54. The lowest BCUT2D eigenvalue weighted by Crippen LogP contribution is -2.31. The van der Waals surface area contributed by atoms with E-state index in [0.717, 1.165) is 48.6 Å². The van der Waals surface area contributed by atoms with Crippen LogP contribution in [0.1, 0.15) is 25.7 Å². The standard InChI is InChI=1S/C19H32N4O4SSi/c1-28(24,25)27-16-7-5-15(6-8-16)22-18-17-9-10-23(19(17)21-13-20-18)14-26-11-12-29(2,3)4/h9-10,13,15-16H,5-8,11-12,14H2,1-4H3,(H,20,21,22). The lowest BCUT2D eigenvalue weighted by molar-refractivity contribution is 0.0899. The van der Waals surface area contributed by atoms with Crippen molar-refractivity contribution in [2.75, 3.05) is 18.2 Å². The second kappa shape index (κ2) is 9.11. The third-order valence-corrected chi connectivity index (χ3v) is 7.43. The molecule has 162 valence electrons. The van der Waals surface area contributed by atoms with Crippen molar-refractivity contribution in [2.45, 2.75) is 70.2 Å². The first kappa shape index (κ1) is 22.2. The molecule has 2 heterocycles. The average molecular weight is 441 g/mol. The fraction of sp³-hybridized carbons (Fsp3) is 0.684. The van der Waals surface area contributed by atoms with E-state index in [1.807, 2.05) is 16.8 Å². The molecule has 2 aromatic rings. The average Bonchev–Trinajstić information content (AvgIpc) is 3.03. The quantitative estimate of drug-likeness (QED) is 0.362. The summed E-state index contributed by atoms with van der Waals surface area (Å²) in [4.78, 5) is 8.85. The van der Waals surface area contributed by atoms with Crippen LogP contribution in [-0.4, -0.2) is 56.0 Å². The van der Waals surface area contributed by atoms with Gasteiger partial charge in [-0.1, -0.05) is 19.6 Å². The minimum absolute atomic E-state index is 0.220. The zero-order valence-electron chi connectivity index (χ0n) is 17.7. The van der Waals surface area contributed by atoms with Crippen molar-refractivity contribution in [1.82, 2.24) is 14.5 Å². The van der Waals surface area contributed by atoms with Gasteiger partial charge in [0.2, 0.25) is 0 Å². The van der Waals surface area contributed by atoms with E-state index < -0.39 is 18.2 Å². The topological polar surface area (TPSA) is 95.3 Å². The minimum atomic E-state index is -3.40. The highest BCUT2D eigenvalue weighted by molar-refractivity contribution is 7.86. The van der Waals surface area contributed by atoms with Gasteiger partial charge in [-0.3, -0.25) is 4.18 Å². The SMILES string of the molecule is C[Si](C)(C)CCOCn1ccc2c(NC3CCC(OS(C)(=O)=O)CC3)ncnc21. The van der Waals surface area contributed by atoms with Crippen molar-refractivity contribution in [3.8, 4) is 0 Å². The molecule has 0 atom stereocenters. The molecule has 1 aliphatic rings. The van der Waals surface area contributed by atoms with Crippen LogP contribution >= 0.6 is 0 Å². The molecule has 0 amide bonds. The summed E-state index contributed by atoms with van der Waals surface area (Å²) >= 11 is 0. The number of anilines is 1. The molecular formula is C19H32N4O4SSi. The molecule has 0 radical (unpaired) electrons. The summed E-state index contributed by atoms with van der Waals surface area (Å²) < 4.78 is 35.6. The Bertz CT molecular complexity index is 918. The first-order chi connectivity index (χ1) is 13.6. The predicted octanol–water partition coefficient (Wildman–Crippen LogP) is 3.44. The number of fused-ring (bicyclic) bond motifs is 1. The number of rotatable bonds is 9. The van der Waals surface area contributed by atoms with E-state index in [9.17, 15) is 8.42 Å². The van der Waals surface area contributed by atoms with Gasteiger partial charge < -0.3 is 14.6 Å². The van der Waals surface area contributed by atoms with E-state index >= 15 is 0 Å². The Morgan fingerprint density at radius 3 is 2.59 bits per heavy atom. The fourth-order valence-corrected chi connectivity index (χ4v) is 4.95. The highest BCUT2D eigenvalue weighted by Gasteiger charge is 2.25. The summed E-state index contributed by atoms with van der Waals surface area (Å²) in [6.45, 7) is 8.27. The number of nitrogens with zero attached hydrogens (tertiary/aromatic N) is 3. The van der Waals surface area contributed by atoms with E-state index in [0.29, 0.717) is 19.6 Å². The molecule has 1 fully saturated rings.